The van der Waals surface area contributed by atoms with Crippen molar-refractivity contribution >= 4 is 23.2 Å². The number of alkyl halides is 1. The Morgan fingerprint density at radius 1 is 1.00 bits per heavy atom. The second-order valence-electron chi connectivity index (χ2n) is 2.72. The van der Waals surface area contributed by atoms with E-state index in [1.165, 1.54) is 25.7 Å². The first-order valence-electron chi connectivity index (χ1n) is 4.16. The minimum absolute atomic E-state index is 0.780. The lowest BCUT2D eigenvalue weighted by Crippen LogP contribution is -1.80. The number of rotatable bonds is 7. The molecule has 66 valence electrons. The Morgan fingerprint density at radius 2 is 1.55 bits per heavy atom. The average Bonchev–Trinajstić information content (AvgIpc) is 1.96. The summed E-state index contributed by atoms with van der Waals surface area (Å²) in [6.45, 7) is 3.63. The van der Waals surface area contributed by atoms with Crippen LogP contribution in [0.2, 0.25) is 0 Å². The van der Waals surface area contributed by atoms with Crippen LogP contribution < -0.4 is 0 Å². The van der Waals surface area contributed by atoms with Gasteiger partial charge in [-0.15, -0.1) is 11.6 Å². The largest absolute Gasteiger partial charge is 0.127 e. The molecular formula is C9H16Cl2. The highest BCUT2D eigenvalue weighted by atomic mass is 35.5. The minimum atomic E-state index is 0.780. The van der Waals surface area contributed by atoms with E-state index in [0.717, 1.165) is 23.8 Å². The molecule has 0 N–H and O–H groups in total. The molecular weight excluding hydrogens is 179 g/mol. The van der Waals surface area contributed by atoms with E-state index in [1.807, 2.05) is 0 Å². The molecule has 11 heavy (non-hydrogen) atoms. The van der Waals surface area contributed by atoms with E-state index >= 15 is 0 Å². The summed E-state index contributed by atoms with van der Waals surface area (Å²) in [7, 11) is 0. The van der Waals surface area contributed by atoms with Crippen molar-refractivity contribution < 1.29 is 0 Å². The molecule has 0 amide bonds. The Hall–Kier alpha value is 0.320. The summed E-state index contributed by atoms with van der Waals surface area (Å²) in [5.41, 5.74) is 0. The smallest absolute Gasteiger partial charge is 0.0223 e. The lowest BCUT2D eigenvalue weighted by molar-refractivity contribution is 0.637. The fourth-order valence-corrected chi connectivity index (χ4v) is 1.26. The molecule has 0 rings (SSSR count). The molecule has 2 heteroatoms. The minimum Gasteiger partial charge on any atom is -0.127 e. The summed E-state index contributed by atoms with van der Waals surface area (Å²) in [6.07, 6.45) is 7.05. The van der Waals surface area contributed by atoms with Crippen LogP contribution in [-0.2, 0) is 0 Å². The monoisotopic (exact) mass is 194 g/mol. The number of halogens is 2. The zero-order valence-electron chi connectivity index (χ0n) is 6.91. The van der Waals surface area contributed by atoms with E-state index in [4.69, 9.17) is 23.2 Å². The van der Waals surface area contributed by atoms with Gasteiger partial charge in [-0.1, -0.05) is 37.4 Å². The van der Waals surface area contributed by atoms with Gasteiger partial charge in [0.25, 0.3) is 0 Å². The first-order chi connectivity index (χ1) is 5.27. The lowest BCUT2D eigenvalue weighted by atomic mass is 10.1. The number of allylic oxidation sites excluding steroid dienone is 1. The number of hydrogen-bond acceptors (Lipinski definition) is 0. The second-order valence-corrected chi connectivity index (χ2v) is 3.64. The van der Waals surface area contributed by atoms with E-state index in [2.05, 4.69) is 6.58 Å². The second kappa shape index (κ2) is 8.42. The van der Waals surface area contributed by atoms with Crippen molar-refractivity contribution in [2.75, 3.05) is 5.88 Å². The van der Waals surface area contributed by atoms with Crippen LogP contribution in [0, 0.1) is 0 Å². The van der Waals surface area contributed by atoms with Gasteiger partial charge in [0.2, 0.25) is 0 Å². The highest BCUT2D eigenvalue weighted by molar-refractivity contribution is 6.29. The molecule has 0 unspecified atom stereocenters. The maximum Gasteiger partial charge on any atom is 0.0223 e. The normalized spacial score (nSPS) is 10.0. The first kappa shape index (κ1) is 11.3. The Balaban J connectivity index is 2.85. The third kappa shape index (κ3) is 10.3. The third-order valence-corrected chi connectivity index (χ3v) is 2.04. The molecule has 0 heterocycles. The highest BCUT2D eigenvalue weighted by Gasteiger charge is 1.91. The SMILES string of the molecule is C=C(Cl)CCCCCCCCl. The zero-order valence-corrected chi connectivity index (χ0v) is 8.42. The van der Waals surface area contributed by atoms with Crippen molar-refractivity contribution in [2.45, 2.75) is 38.5 Å². The van der Waals surface area contributed by atoms with E-state index < -0.39 is 0 Å². The van der Waals surface area contributed by atoms with Crippen LogP contribution in [0.25, 0.3) is 0 Å². The van der Waals surface area contributed by atoms with Gasteiger partial charge in [0.1, 0.15) is 0 Å². The first-order valence-corrected chi connectivity index (χ1v) is 5.08. The molecule has 0 aromatic rings. The molecule has 0 bridgehead atoms. The van der Waals surface area contributed by atoms with Gasteiger partial charge in [0, 0.05) is 10.9 Å². The van der Waals surface area contributed by atoms with Gasteiger partial charge < -0.3 is 0 Å². The van der Waals surface area contributed by atoms with Crippen molar-refractivity contribution in [3.8, 4) is 0 Å². The number of hydrogen-bond donors (Lipinski definition) is 0. The maximum atomic E-state index is 5.60. The van der Waals surface area contributed by atoms with Crippen LogP contribution in [0.3, 0.4) is 0 Å². The molecule has 0 nitrogen and oxygen atoms in total. The van der Waals surface area contributed by atoms with Crippen LogP contribution in [-0.4, -0.2) is 5.88 Å². The Kier molecular flexibility index (Phi) is 8.66. The summed E-state index contributed by atoms with van der Waals surface area (Å²) in [4.78, 5) is 0. The zero-order chi connectivity index (χ0) is 8.53. The standard InChI is InChI=1S/C9H16Cl2/c1-9(11)7-5-3-2-4-6-8-10/h1-8H2. The molecule has 0 aliphatic rings. The van der Waals surface area contributed by atoms with E-state index in [1.54, 1.807) is 0 Å². The van der Waals surface area contributed by atoms with Gasteiger partial charge in [-0.25, -0.2) is 0 Å². The van der Waals surface area contributed by atoms with Crippen molar-refractivity contribution in [2.24, 2.45) is 0 Å². The molecule has 0 saturated heterocycles. The average molecular weight is 195 g/mol. The molecule has 0 fully saturated rings. The summed E-state index contributed by atoms with van der Waals surface area (Å²) >= 11 is 11.1. The predicted octanol–water partition coefficient (Wildman–Crippen LogP) is 4.32. The Bertz CT molecular complexity index is 99.7. The van der Waals surface area contributed by atoms with Crippen LogP contribution in [0.15, 0.2) is 11.6 Å². The summed E-state index contributed by atoms with van der Waals surface area (Å²) in [5, 5.41) is 0.780. The topological polar surface area (TPSA) is 0 Å². The van der Waals surface area contributed by atoms with Gasteiger partial charge in [-0.3, -0.25) is 0 Å². The van der Waals surface area contributed by atoms with Crippen LogP contribution in [0.4, 0.5) is 0 Å². The van der Waals surface area contributed by atoms with Crippen LogP contribution >= 0.6 is 23.2 Å². The molecule has 0 aliphatic carbocycles. The quantitative estimate of drug-likeness (QED) is 0.419. The summed E-state index contributed by atoms with van der Waals surface area (Å²) in [6, 6.07) is 0. The molecule has 0 aromatic carbocycles. The van der Waals surface area contributed by atoms with Crippen LogP contribution in [0.5, 0.6) is 0 Å². The molecule has 0 aliphatic heterocycles. The highest BCUT2D eigenvalue weighted by Crippen LogP contribution is 2.11. The van der Waals surface area contributed by atoms with Gasteiger partial charge in [-0.2, -0.15) is 0 Å². The summed E-state index contributed by atoms with van der Waals surface area (Å²) in [5.74, 6) is 0.794. The summed E-state index contributed by atoms with van der Waals surface area (Å²) < 4.78 is 0. The molecule has 0 atom stereocenters. The van der Waals surface area contributed by atoms with Crippen molar-refractivity contribution in [1.82, 2.24) is 0 Å². The number of unbranched alkanes of at least 4 members (excludes halogenated alkanes) is 4. The van der Waals surface area contributed by atoms with E-state index in [0.29, 0.717) is 0 Å². The molecule has 0 spiro atoms. The fraction of sp³-hybridized carbons (Fsp3) is 0.778. The van der Waals surface area contributed by atoms with Crippen molar-refractivity contribution in [3.05, 3.63) is 11.6 Å². The molecule has 0 radical (unpaired) electrons. The predicted molar refractivity (Wildman–Crippen MR) is 53.4 cm³/mol. The van der Waals surface area contributed by atoms with Crippen molar-refractivity contribution in [1.29, 1.82) is 0 Å². The third-order valence-electron chi connectivity index (χ3n) is 1.58. The van der Waals surface area contributed by atoms with E-state index in [9.17, 15) is 0 Å². The van der Waals surface area contributed by atoms with Crippen molar-refractivity contribution in [3.63, 3.8) is 0 Å². The fourth-order valence-electron chi connectivity index (χ4n) is 0.942. The lowest BCUT2D eigenvalue weighted by Gasteiger charge is -1.98. The van der Waals surface area contributed by atoms with Gasteiger partial charge >= 0.3 is 0 Å². The van der Waals surface area contributed by atoms with Gasteiger partial charge in [0.05, 0.1) is 0 Å². The molecule has 0 aromatic heterocycles. The maximum absolute atomic E-state index is 5.60. The van der Waals surface area contributed by atoms with Gasteiger partial charge in [-0.05, 0) is 19.3 Å². The van der Waals surface area contributed by atoms with Gasteiger partial charge in [0.15, 0.2) is 0 Å². The Labute approximate surface area is 79.6 Å². The molecule has 0 saturated carbocycles. The Morgan fingerprint density at radius 3 is 2.09 bits per heavy atom. The van der Waals surface area contributed by atoms with Crippen LogP contribution in [0.1, 0.15) is 38.5 Å². The van der Waals surface area contributed by atoms with E-state index in [-0.39, 0.29) is 0 Å².